The van der Waals surface area contributed by atoms with Gasteiger partial charge < -0.3 is 9.73 Å². The molecule has 0 aliphatic carbocycles. The molecule has 1 unspecified atom stereocenters. The number of nitrogens with zero attached hydrogens (tertiary/aromatic N) is 2. The van der Waals surface area contributed by atoms with Crippen molar-refractivity contribution in [2.45, 2.75) is 26.8 Å². The van der Waals surface area contributed by atoms with Gasteiger partial charge in [-0.05, 0) is 32.9 Å². The smallest absolute Gasteiger partial charge is 0.270 e. The maximum absolute atomic E-state index is 10.7. The molecule has 6 nitrogen and oxygen atoms in total. The molecule has 1 N–H and O–H groups in total. The zero-order chi connectivity index (χ0) is 15.6. The van der Waals surface area contributed by atoms with Crippen LogP contribution in [0.1, 0.15) is 35.6 Å². The number of benzene rings is 1. The highest BCUT2D eigenvalue weighted by atomic mass is 16.6. The Kier molecular flexibility index (Phi) is 3.94. The first-order valence-electron chi connectivity index (χ1n) is 6.44. The van der Waals surface area contributed by atoms with Crippen LogP contribution in [0.5, 0.6) is 0 Å². The van der Waals surface area contributed by atoms with Crippen LogP contribution in [-0.2, 0) is 0 Å². The summed E-state index contributed by atoms with van der Waals surface area (Å²) >= 11 is 0. The quantitative estimate of drug-likeness (QED) is 0.680. The van der Waals surface area contributed by atoms with Crippen molar-refractivity contribution in [3.63, 3.8) is 0 Å². The van der Waals surface area contributed by atoms with Crippen molar-refractivity contribution < 1.29 is 9.34 Å². The lowest BCUT2D eigenvalue weighted by Gasteiger charge is -2.15. The average Bonchev–Trinajstić information content (AvgIpc) is 2.78. The zero-order valence-corrected chi connectivity index (χ0v) is 12.0. The number of nitro benzene ring substituents is 1. The monoisotopic (exact) mass is 285 g/mol. The van der Waals surface area contributed by atoms with E-state index in [1.54, 1.807) is 6.07 Å². The normalized spacial score (nSPS) is 11.7. The van der Waals surface area contributed by atoms with Crippen molar-refractivity contribution in [3.05, 3.63) is 57.0 Å². The van der Waals surface area contributed by atoms with Crippen molar-refractivity contribution in [1.29, 1.82) is 5.26 Å². The molecule has 1 heterocycles. The van der Waals surface area contributed by atoms with Gasteiger partial charge in [0, 0.05) is 17.7 Å². The van der Waals surface area contributed by atoms with E-state index in [1.807, 2.05) is 32.9 Å². The number of furan rings is 1. The first-order chi connectivity index (χ1) is 9.92. The van der Waals surface area contributed by atoms with E-state index in [-0.39, 0.29) is 17.3 Å². The third kappa shape index (κ3) is 3.03. The molecule has 108 valence electrons. The molecule has 0 aliphatic heterocycles. The maximum Gasteiger partial charge on any atom is 0.270 e. The van der Waals surface area contributed by atoms with Crippen LogP contribution in [0.3, 0.4) is 0 Å². The van der Waals surface area contributed by atoms with Gasteiger partial charge in [0.05, 0.1) is 22.2 Å². The van der Waals surface area contributed by atoms with E-state index in [4.69, 9.17) is 9.68 Å². The van der Waals surface area contributed by atoms with Crippen LogP contribution in [0.15, 0.2) is 28.7 Å². The molecule has 1 aromatic heterocycles. The van der Waals surface area contributed by atoms with E-state index in [2.05, 4.69) is 5.32 Å². The molecule has 0 amide bonds. The minimum atomic E-state index is -0.516. The summed E-state index contributed by atoms with van der Waals surface area (Å²) < 4.78 is 5.49. The van der Waals surface area contributed by atoms with Crippen molar-refractivity contribution in [1.82, 2.24) is 0 Å². The Morgan fingerprint density at radius 3 is 2.62 bits per heavy atom. The molecule has 2 aromatic rings. The van der Waals surface area contributed by atoms with Gasteiger partial charge in [-0.25, -0.2) is 0 Å². The van der Waals surface area contributed by atoms with E-state index >= 15 is 0 Å². The Balaban J connectivity index is 2.29. The number of rotatable bonds is 4. The topological polar surface area (TPSA) is 92.1 Å². The van der Waals surface area contributed by atoms with Gasteiger partial charge in [-0.3, -0.25) is 10.1 Å². The first kappa shape index (κ1) is 14.6. The van der Waals surface area contributed by atoms with Gasteiger partial charge in [-0.15, -0.1) is 0 Å². The van der Waals surface area contributed by atoms with E-state index < -0.39 is 4.92 Å². The fourth-order valence-electron chi connectivity index (χ4n) is 2.26. The molecule has 0 spiro atoms. The summed E-state index contributed by atoms with van der Waals surface area (Å²) in [5.41, 5.74) is 1.71. The van der Waals surface area contributed by atoms with Crippen molar-refractivity contribution in [2.24, 2.45) is 0 Å². The molecule has 0 saturated carbocycles. The average molecular weight is 285 g/mol. The van der Waals surface area contributed by atoms with Gasteiger partial charge in [-0.2, -0.15) is 5.26 Å². The van der Waals surface area contributed by atoms with Crippen LogP contribution >= 0.6 is 0 Å². The molecule has 6 heteroatoms. The van der Waals surface area contributed by atoms with Crippen LogP contribution in [0.2, 0.25) is 0 Å². The number of nitro groups is 1. The summed E-state index contributed by atoms with van der Waals surface area (Å²) in [7, 11) is 0. The number of nitriles is 1. The van der Waals surface area contributed by atoms with Gasteiger partial charge >= 0.3 is 0 Å². The van der Waals surface area contributed by atoms with Crippen LogP contribution < -0.4 is 5.32 Å². The third-order valence-electron chi connectivity index (χ3n) is 3.25. The molecule has 2 rings (SSSR count). The van der Waals surface area contributed by atoms with Gasteiger partial charge in [-0.1, -0.05) is 0 Å². The van der Waals surface area contributed by atoms with Crippen molar-refractivity contribution in [2.75, 3.05) is 5.32 Å². The zero-order valence-electron chi connectivity index (χ0n) is 12.0. The summed E-state index contributed by atoms with van der Waals surface area (Å²) in [6.45, 7) is 5.69. The highest BCUT2D eigenvalue weighted by Crippen LogP contribution is 2.28. The lowest BCUT2D eigenvalue weighted by atomic mass is 10.1. The Morgan fingerprint density at radius 1 is 1.38 bits per heavy atom. The van der Waals surface area contributed by atoms with Gasteiger partial charge in [0.1, 0.15) is 17.6 Å². The molecule has 0 aliphatic rings. The molecular formula is C15H15N3O3. The fourth-order valence-corrected chi connectivity index (χ4v) is 2.26. The summed E-state index contributed by atoms with van der Waals surface area (Å²) in [6.07, 6.45) is 0. The number of hydrogen-bond donors (Lipinski definition) is 1. The fraction of sp³-hybridized carbons (Fsp3) is 0.267. The molecule has 0 saturated heterocycles. The number of nitrogens with one attached hydrogen (secondary N) is 1. The van der Waals surface area contributed by atoms with Gasteiger partial charge in [0.15, 0.2) is 0 Å². The standard InChI is InChI=1S/C15H15N3O3/c1-9-6-14(11(3)21-9)10(2)17-15-5-4-13(18(19)20)7-12(15)8-16/h4-7,10,17H,1-3H3. The molecule has 0 bridgehead atoms. The number of anilines is 1. The van der Waals surface area contributed by atoms with E-state index in [1.165, 1.54) is 12.1 Å². The first-order valence-corrected chi connectivity index (χ1v) is 6.44. The van der Waals surface area contributed by atoms with Crippen molar-refractivity contribution >= 4 is 11.4 Å². The summed E-state index contributed by atoms with van der Waals surface area (Å²) in [5.74, 6) is 1.63. The Hall–Kier alpha value is -2.81. The number of non-ortho nitro benzene ring substituents is 1. The molecule has 21 heavy (non-hydrogen) atoms. The summed E-state index contributed by atoms with van der Waals surface area (Å²) in [5, 5.41) is 23.1. The second kappa shape index (κ2) is 5.67. The van der Waals surface area contributed by atoms with Crippen LogP contribution in [0, 0.1) is 35.3 Å². The Morgan fingerprint density at radius 2 is 2.10 bits per heavy atom. The molecular weight excluding hydrogens is 270 g/mol. The molecule has 0 fully saturated rings. The number of aryl methyl sites for hydroxylation is 2. The second-order valence-corrected chi connectivity index (χ2v) is 4.83. The maximum atomic E-state index is 10.7. The second-order valence-electron chi connectivity index (χ2n) is 4.83. The Bertz CT molecular complexity index is 728. The highest BCUT2D eigenvalue weighted by Gasteiger charge is 2.16. The predicted octanol–water partition coefficient (Wildman–Crippen LogP) is 3.85. The van der Waals surface area contributed by atoms with E-state index in [0.29, 0.717) is 5.69 Å². The van der Waals surface area contributed by atoms with Crippen LogP contribution in [0.25, 0.3) is 0 Å². The highest BCUT2D eigenvalue weighted by molar-refractivity contribution is 5.62. The molecule has 1 aromatic carbocycles. The van der Waals surface area contributed by atoms with Crippen LogP contribution in [0.4, 0.5) is 11.4 Å². The van der Waals surface area contributed by atoms with Gasteiger partial charge in [0.25, 0.3) is 5.69 Å². The lowest BCUT2D eigenvalue weighted by molar-refractivity contribution is -0.384. The molecule has 0 radical (unpaired) electrons. The molecule has 1 atom stereocenters. The SMILES string of the molecule is Cc1cc(C(C)Nc2ccc([N+](=O)[O-])cc2C#N)c(C)o1. The predicted molar refractivity (Wildman–Crippen MR) is 78.0 cm³/mol. The minimum absolute atomic E-state index is 0.0731. The van der Waals surface area contributed by atoms with Gasteiger partial charge in [0.2, 0.25) is 0 Å². The van der Waals surface area contributed by atoms with E-state index in [0.717, 1.165) is 17.1 Å². The minimum Gasteiger partial charge on any atom is -0.466 e. The summed E-state index contributed by atoms with van der Waals surface area (Å²) in [4.78, 5) is 10.2. The largest absolute Gasteiger partial charge is 0.466 e. The number of hydrogen-bond acceptors (Lipinski definition) is 5. The lowest BCUT2D eigenvalue weighted by Crippen LogP contribution is -2.08. The van der Waals surface area contributed by atoms with E-state index in [9.17, 15) is 10.1 Å². The third-order valence-corrected chi connectivity index (χ3v) is 3.25. The van der Waals surface area contributed by atoms with Crippen molar-refractivity contribution in [3.8, 4) is 6.07 Å². The summed E-state index contributed by atoms with van der Waals surface area (Å²) in [6, 6.07) is 8.03. The Labute approximate surface area is 122 Å². The van der Waals surface area contributed by atoms with Crippen LogP contribution in [-0.4, -0.2) is 4.92 Å².